The van der Waals surface area contributed by atoms with Crippen molar-refractivity contribution in [3.05, 3.63) is 23.7 Å². The molecule has 1 aromatic heterocycles. The molecule has 0 saturated heterocycles. The summed E-state index contributed by atoms with van der Waals surface area (Å²) in [5.74, 6) is 3.02. The summed E-state index contributed by atoms with van der Waals surface area (Å²) >= 11 is 0. The Kier molecular flexibility index (Phi) is 4.66. The van der Waals surface area contributed by atoms with Crippen molar-refractivity contribution in [2.45, 2.75) is 58.4 Å². The highest BCUT2D eigenvalue weighted by Crippen LogP contribution is 2.35. The van der Waals surface area contributed by atoms with Crippen LogP contribution in [0.2, 0.25) is 0 Å². The first-order valence-electron chi connectivity index (χ1n) is 7.17. The van der Waals surface area contributed by atoms with Gasteiger partial charge < -0.3 is 9.73 Å². The van der Waals surface area contributed by atoms with E-state index < -0.39 is 0 Å². The van der Waals surface area contributed by atoms with Gasteiger partial charge in [-0.2, -0.15) is 0 Å². The monoisotopic (exact) mass is 235 g/mol. The van der Waals surface area contributed by atoms with Crippen LogP contribution in [0.25, 0.3) is 0 Å². The Balaban J connectivity index is 2.09. The van der Waals surface area contributed by atoms with Gasteiger partial charge in [-0.05, 0) is 37.4 Å². The summed E-state index contributed by atoms with van der Waals surface area (Å²) in [7, 11) is 0. The molecule has 1 fully saturated rings. The molecule has 96 valence electrons. The first-order valence-corrected chi connectivity index (χ1v) is 7.17. The van der Waals surface area contributed by atoms with Crippen LogP contribution in [0.15, 0.2) is 16.5 Å². The number of hydrogen-bond acceptors (Lipinski definition) is 2. The predicted octanol–water partition coefficient (Wildman–Crippen LogP) is 4.07. The minimum Gasteiger partial charge on any atom is -0.464 e. The lowest BCUT2D eigenvalue weighted by molar-refractivity contribution is 0.244. The van der Waals surface area contributed by atoms with Crippen molar-refractivity contribution in [2.75, 3.05) is 6.54 Å². The quantitative estimate of drug-likeness (QED) is 0.832. The van der Waals surface area contributed by atoms with Crippen LogP contribution >= 0.6 is 0 Å². The van der Waals surface area contributed by atoms with Crippen LogP contribution in [0.3, 0.4) is 0 Å². The van der Waals surface area contributed by atoms with Gasteiger partial charge in [-0.15, -0.1) is 0 Å². The molecule has 2 nitrogen and oxygen atoms in total. The predicted molar refractivity (Wildman–Crippen MR) is 71.1 cm³/mol. The van der Waals surface area contributed by atoms with Gasteiger partial charge in [0.2, 0.25) is 0 Å². The second-order valence-corrected chi connectivity index (χ2v) is 5.09. The molecule has 1 N–H and O–H groups in total. The molecule has 0 aromatic carbocycles. The third-order valence-electron chi connectivity index (χ3n) is 3.88. The van der Waals surface area contributed by atoms with Gasteiger partial charge in [0.25, 0.3) is 0 Å². The van der Waals surface area contributed by atoms with E-state index in [4.69, 9.17) is 4.42 Å². The average molecular weight is 235 g/mol. The van der Waals surface area contributed by atoms with Crippen molar-refractivity contribution in [1.82, 2.24) is 5.32 Å². The van der Waals surface area contributed by atoms with Crippen molar-refractivity contribution in [3.63, 3.8) is 0 Å². The molecule has 1 aromatic rings. The van der Waals surface area contributed by atoms with Crippen LogP contribution in [-0.2, 0) is 6.42 Å². The average Bonchev–Trinajstić information content (AvgIpc) is 2.85. The summed E-state index contributed by atoms with van der Waals surface area (Å²) in [6, 6.07) is 4.73. The molecule has 0 radical (unpaired) electrons. The summed E-state index contributed by atoms with van der Waals surface area (Å²) in [4.78, 5) is 0. The van der Waals surface area contributed by atoms with Crippen molar-refractivity contribution in [2.24, 2.45) is 5.92 Å². The van der Waals surface area contributed by atoms with Crippen LogP contribution in [0.5, 0.6) is 0 Å². The highest BCUT2D eigenvalue weighted by atomic mass is 16.3. The standard InChI is InChI=1S/C15H25NO/c1-3-13-10-11-14(17-13)15(16-4-2)12-8-6-5-7-9-12/h10-12,15-16H,3-9H2,1-2H3. The lowest BCUT2D eigenvalue weighted by Crippen LogP contribution is -2.29. The first-order chi connectivity index (χ1) is 8.35. The normalized spacial score (nSPS) is 19.4. The molecule has 1 aliphatic rings. The number of hydrogen-bond donors (Lipinski definition) is 1. The van der Waals surface area contributed by atoms with Gasteiger partial charge >= 0.3 is 0 Å². The maximum atomic E-state index is 5.94. The summed E-state index contributed by atoms with van der Waals surface area (Å²) in [5, 5.41) is 3.61. The van der Waals surface area contributed by atoms with E-state index in [2.05, 4.69) is 31.3 Å². The number of rotatable bonds is 5. The van der Waals surface area contributed by atoms with Crippen molar-refractivity contribution < 1.29 is 4.42 Å². The summed E-state index contributed by atoms with van der Waals surface area (Å²) in [6.45, 7) is 5.34. The van der Waals surface area contributed by atoms with E-state index in [9.17, 15) is 0 Å². The van der Waals surface area contributed by atoms with Gasteiger partial charge in [0.1, 0.15) is 11.5 Å². The van der Waals surface area contributed by atoms with Crippen molar-refractivity contribution in [1.29, 1.82) is 0 Å². The molecule has 1 saturated carbocycles. The lowest BCUT2D eigenvalue weighted by Gasteiger charge is -2.29. The van der Waals surface area contributed by atoms with Crippen LogP contribution < -0.4 is 5.32 Å². The number of aryl methyl sites for hydroxylation is 1. The molecular weight excluding hydrogens is 210 g/mol. The lowest BCUT2D eigenvalue weighted by atomic mass is 9.83. The smallest absolute Gasteiger partial charge is 0.121 e. The van der Waals surface area contributed by atoms with Gasteiger partial charge in [0, 0.05) is 6.42 Å². The van der Waals surface area contributed by atoms with Crippen molar-refractivity contribution in [3.8, 4) is 0 Å². The maximum absolute atomic E-state index is 5.94. The molecule has 1 heterocycles. The highest BCUT2D eigenvalue weighted by molar-refractivity contribution is 5.12. The maximum Gasteiger partial charge on any atom is 0.121 e. The minimum absolute atomic E-state index is 0.431. The van der Waals surface area contributed by atoms with E-state index in [1.165, 1.54) is 32.1 Å². The van der Waals surface area contributed by atoms with E-state index in [-0.39, 0.29) is 0 Å². The van der Waals surface area contributed by atoms with E-state index in [1.54, 1.807) is 0 Å². The molecule has 0 amide bonds. The van der Waals surface area contributed by atoms with E-state index >= 15 is 0 Å². The molecule has 1 unspecified atom stereocenters. The topological polar surface area (TPSA) is 25.2 Å². The fourth-order valence-corrected chi connectivity index (χ4v) is 2.94. The van der Waals surface area contributed by atoms with Gasteiger partial charge in [-0.3, -0.25) is 0 Å². The second-order valence-electron chi connectivity index (χ2n) is 5.09. The molecule has 0 bridgehead atoms. The highest BCUT2D eigenvalue weighted by Gasteiger charge is 2.26. The zero-order valence-corrected chi connectivity index (χ0v) is 11.2. The van der Waals surface area contributed by atoms with Crippen LogP contribution in [0, 0.1) is 5.92 Å². The zero-order valence-electron chi connectivity index (χ0n) is 11.2. The molecule has 2 rings (SSSR count). The first kappa shape index (κ1) is 12.7. The van der Waals surface area contributed by atoms with Crippen LogP contribution in [-0.4, -0.2) is 6.54 Å². The number of furan rings is 1. The minimum atomic E-state index is 0.431. The Bertz CT molecular complexity index is 325. The van der Waals surface area contributed by atoms with Gasteiger partial charge in [-0.25, -0.2) is 0 Å². The largest absolute Gasteiger partial charge is 0.464 e. The molecule has 1 atom stereocenters. The zero-order chi connectivity index (χ0) is 12.1. The fourth-order valence-electron chi connectivity index (χ4n) is 2.94. The fraction of sp³-hybridized carbons (Fsp3) is 0.733. The SMILES string of the molecule is CCNC(c1ccc(CC)o1)C1CCCCC1. The van der Waals surface area contributed by atoms with Crippen molar-refractivity contribution >= 4 is 0 Å². The Morgan fingerprint density at radius 2 is 2.00 bits per heavy atom. The van der Waals surface area contributed by atoms with E-state index in [0.29, 0.717) is 6.04 Å². The Hall–Kier alpha value is -0.760. The molecule has 2 heteroatoms. The summed E-state index contributed by atoms with van der Waals surface area (Å²) in [5.41, 5.74) is 0. The third kappa shape index (κ3) is 3.12. The molecule has 0 spiro atoms. The van der Waals surface area contributed by atoms with Gasteiger partial charge in [0.05, 0.1) is 6.04 Å². The van der Waals surface area contributed by atoms with Gasteiger partial charge in [0.15, 0.2) is 0 Å². The number of nitrogens with one attached hydrogen (secondary N) is 1. The van der Waals surface area contributed by atoms with Crippen LogP contribution in [0.4, 0.5) is 0 Å². The summed E-state index contributed by atoms with van der Waals surface area (Å²) < 4.78 is 5.94. The molecule has 1 aliphatic carbocycles. The van der Waals surface area contributed by atoms with E-state index in [1.807, 2.05) is 0 Å². The molecular formula is C15H25NO. The molecule has 17 heavy (non-hydrogen) atoms. The summed E-state index contributed by atoms with van der Waals surface area (Å²) in [6.07, 6.45) is 7.86. The van der Waals surface area contributed by atoms with Gasteiger partial charge in [-0.1, -0.05) is 33.1 Å². The third-order valence-corrected chi connectivity index (χ3v) is 3.88. The molecule has 0 aliphatic heterocycles. The Morgan fingerprint density at radius 3 is 2.59 bits per heavy atom. The van der Waals surface area contributed by atoms with Crippen LogP contribution in [0.1, 0.15) is 63.5 Å². The Labute approximate surface area is 105 Å². The van der Waals surface area contributed by atoms with E-state index in [0.717, 1.165) is 30.4 Å². The Morgan fingerprint density at radius 1 is 1.24 bits per heavy atom. The second kappa shape index (κ2) is 6.25.